The Morgan fingerprint density at radius 1 is 1.57 bits per heavy atom. The molecule has 0 unspecified atom stereocenters. The summed E-state index contributed by atoms with van der Waals surface area (Å²) in [6.45, 7) is 2.12. The van der Waals surface area contributed by atoms with Crippen molar-refractivity contribution in [1.82, 2.24) is 5.32 Å². The average molecular weight is 266 g/mol. The molecular weight excluding hydrogens is 258 g/mol. The molecule has 1 heterocycles. The van der Waals surface area contributed by atoms with Crippen molar-refractivity contribution in [3.8, 4) is 0 Å². The zero-order chi connectivity index (χ0) is 4.24. The van der Waals surface area contributed by atoms with Gasteiger partial charge in [-0.1, -0.05) is 0 Å². The molecule has 0 bridgehead atoms. The topological polar surface area (TPSA) is 12.0 Å². The minimum absolute atomic E-state index is 0. The molecule has 0 saturated carbocycles. The van der Waals surface area contributed by atoms with E-state index in [0.29, 0.717) is 0 Å². The van der Waals surface area contributed by atoms with E-state index in [1.165, 1.54) is 0 Å². The van der Waals surface area contributed by atoms with Crippen LogP contribution < -0.4 is 5.32 Å². The van der Waals surface area contributed by atoms with Gasteiger partial charge < -0.3 is 11.4 Å². The quantitative estimate of drug-likeness (QED) is 0.623. The number of nitrogens with one attached hydrogen (secondary N) is 1. The normalized spacial score (nSPS) is 18.3. The Morgan fingerprint density at radius 2 is 2.43 bits per heavy atom. The standard InChI is InChI=1S/C5H8N.W/c1-2-4-6-5-3-1;/h2,6H,3-5H2;/q-1;+2. The zero-order valence-electron chi connectivity index (χ0n) is 4.11. The van der Waals surface area contributed by atoms with Crippen LogP contribution in [0.5, 0.6) is 0 Å². The Hall–Kier alpha value is 0.388. The van der Waals surface area contributed by atoms with Crippen LogP contribution in [-0.4, -0.2) is 13.1 Å². The molecule has 1 N–H and O–H groups in total. The van der Waals surface area contributed by atoms with E-state index in [-0.39, 0.29) is 21.1 Å². The SMILES string of the molecule is [C-]1=CCNCC1.[W+2]. The summed E-state index contributed by atoms with van der Waals surface area (Å²) >= 11 is 0. The third kappa shape index (κ3) is 3.01. The van der Waals surface area contributed by atoms with Crippen molar-refractivity contribution < 1.29 is 21.1 Å². The van der Waals surface area contributed by atoms with Crippen molar-refractivity contribution >= 4 is 0 Å². The molecule has 1 nitrogen and oxygen atoms in total. The van der Waals surface area contributed by atoms with E-state index in [1.54, 1.807) is 0 Å². The molecule has 2 heteroatoms. The van der Waals surface area contributed by atoms with Crippen LogP contribution in [0.4, 0.5) is 0 Å². The van der Waals surface area contributed by atoms with Gasteiger partial charge in [0.25, 0.3) is 0 Å². The summed E-state index contributed by atoms with van der Waals surface area (Å²) in [5.41, 5.74) is 0. The molecule has 0 amide bonds. The van der Waals surface area contributed by atoms with Gasteiger partial charge in [-0.15, -0.1) is 0 Å². The fraction of sp³-hybridized carbons (Fsp3) is 0.600. The summed E-state index contributed by atoms with van der Waals surface area (Å²) in [4.78, 5) is 0. The molecule has 0 aromatic carbocycles. The second-order valence-electron chi connectivity index (χ2n) is 1.36. The van der Waals surface area contributed by atoms with Crippen LogP contribution in [0.15, 0.2) is 6.08 Å². The second kappa shape index (κ2) is 4.54. The maximum Gasteiger partial charge on any atom is 2.00 e. The van der Waals surface area contributed by atoms with Gasteiger partial charge in [-0.3, -0.25) is 6.08 Å². The maximum absolute atomic E-state index is 3.17. The maximum atomic E-state index is 3.17. The predicted molar refractivity (Wildman–Crippen MR) is 25.3 cm³/mol. The fourth-order valence-electron chi connectivity index (χ4n) is 0.509. The van der Waals surface area contributed by atoms with Gasteiger partial charge in [0.2, 0.25) is 0 Å². The van der Waals surface area contributed by atoms with E-state index >= 15 is 0 Å². The first-order valence-electron chi connectivity index (χ1n) is 2.26. The van der Waals surface area contributed by atoms with E-state index in [9.17, 15) is 0 Å². The molecule has 0 fully saturated rings. The Morgan fingerprint density at radius 3 is 2.57 bits per heavy atom. The van der Waals surface area contributed by atoms with Gasteiger partial charge in [0.1, 0.15) is 0 Å². The van der Waals surface area contributed by atoms with Crippen LogP contribution in [-0.2, 0) is 21.1 Å². The van der Waals surface area contributed by atoms with Crippen molar-refractivity contribution in [3.63, 3.8) is 0 Å². The van der Waals surface area contributed by atoms with Gasteiger partial charge in [-0.05, 0) is 13.1 Å². The Bertz CT molecular complexity index is 53.1. The summed E-state index contributed by atoms with van der Waals surface area (Å²) in [6, 6.07) is 0. The molecule has 1 rings (SSSR count). The van der Waals surface area contributed by atoms with Crippen LogP contribution >= 0.6 is 0 Å². The Balaban J connectivity index is 0.000000360. The summed E-state index contributed by atoms with van der Waals surface area (Å²) in [6.07, 6.45) is 6.21. The predicted octanol–water partition coefficient (Wildman–Crippen LogP) is 0.337. The molecule has 7 heavy (non-hydrogen) atoms. The van der Waals surface area contributed by atoms with Crippen molar-refractivity contribution in [2.24, 2.45) is 0 Å². The minimum atomic E-state index is 0. The van der Waals surface area contributed by atoms with E-state index in [0.717, 1.165) is 19.5 Å². The molecule has 0 saturated heterocycles. The second-order valence-corrected chi connectivity index (χ2v) is 1.36. The van der Waals surface area contributed by atoms with Gasteiger partial charge in [0.15, 0.2) is 0 Å². The van der Waals surface area contributed by atoms with Gasteiger partial charge in [0, 0.05) is 0 Å². The summed E-state index contributed by atoms with van der Waals surface area (Å²) in [7, 11) is 0. The third-order valence-corrected chi connectivity index (χ3v) is 0.837. The Labute approximate surface area is 58.4 Å². The van der Waals surface area contributed by atoms with Gasteiger partial charge in [0.05, 0.1) is 0 Å². The summed E-state index contributed by atoms with van der Waals surface area (Å²) in [5.74, 6) is 0. The zero-order valence-corrected chi connectivity index (χ0v) is 7.04. The first-order valence-corrected chi connectivity index (χ1v) is 2.26. The minimum Gasteiger partial charge on any atom is -0.498 e. The van der Waals surface area contributed by atoms with Crippen LogP contribution in [0.2, 0.25) is 0 Å². The van der Waals surface area contributed by atoms with Crippen molar-refractivity contribution in [2.75, 3.05) is 13.1 Å². The van der Waals surface area contributed by atoms with Crippen LogP contribution in [0.3, 0.4) is 0 Å². The summed E-state index contributed by atoms with van der Waals surface area (Å²) < 4.78 is 0. The van der Waals surface area contributed by atoms with Crippen molar-refractivity contribution in [1.29, 1.82) is 0 Å². The largest absolute Gasteiger partial charge is 2.00 e. The molecule has 0 aromatic rings. The fourth-order valence-corrected chi connectivity index (χ4v) is 0.509. The van der Waals surface area contributed by atoms with E-state index in [1.807, 2.05) is 6.08 Å². The van der Waals surface area contributed by atoms with Gasteiger partial charge >= 0.3 is 21.1 Å². The first-order chi connectivity index (χ1) is 3.00. The molecule has 0 spiro atoms. The molecule has 0 aromatic heterocycles. The molecular formula is C5H8NW+. The molecule has 0 aliphatic carbocycles. The number of hydrogen-bond donors (Lipinski definition) is 1. The number of rotatable bonds is 0. The first kappa shape index (κ1) is 7.39. The Kier molecular flexibility index (Phi) is 4.80. The molecule has 0 atom stereocenters. The average Bonchev–Trinajstić information content (AvgIpc) is 1.72. The third-order valence-electron chi connectivity index (χ3n) is 0.837. The van der Waals surface area contributed by atoms with Crippen LogP contribution in [0.25, 0.3) is 0 Å². The smallest absolute Gasteiger partial charge is 0.498 e. The van der Waals surface area contributed by atoms with E-state index in [4.69, 9.17) is 0 Å². The van der Waals surface area contributed by atoms with Crippen LogP contribution in [0.1, 0.15) is 6.42 Å². The molecule has 0 radical (unpaired) electrons. The van der Waals surface area contributed by atoms with E-state index in [2.05, 4.69) is 11.4 Å². The molecule has 38 valence electrons. The molecule has 1 aliphatic rings. The number of hydrogen-bond acceptors (Lipinski definition) is 1. The molecule has 1 aliphatic heterocycles. The van der Waals surface area contributed by atoms with Crippen molar-refractivity contribution in [2.45, 2.75) is 6.42 Å². The van der Waals surface area contributed by atoms with Crippen LogP contribution in [0, 0.1) is 6.08 Å². The van der Waals surface area contributed by atoms with E-state index < -0.39 is 0 Å². The van der Waals surface area contributed by atoms with Gasteiger partial charge in [-0.2, -0.15) is 6.42 Å². The van der Waals surface area contributed by atoms with Crippen molar-refractivity contribution in [3.05, 3.63) is 12.2 Å². The summed E-state index contributed by atoms with van der Waals surface area (Å²) in [5, 5.41) is 3.17. The van der Waals surface area contributed by atoms with Gasteiger partial charge in [-0.25, -0.2) is 0 Å². The monoisotopic (exact) mass is 266 g/mol.